The fourth-order valence-electron chi connectivity index (χ4n) is 1.85. The molecule has 114 valence electrons. The first-order valence-corrected chi connectivity index (χ1v) is 7.05. The van der Waals surface area contributed by atoms with Gasteiger partial charge in [0.2, 0.25) is 0 Å². The highest BCUT2D eigenvalue weighted by Gasteiger charge is 2.07. The Hall–Kier alpha value is -2.82. The Balaban J connectivity index is 2.05. The molecule has 22 heavy (non-hydrogen) atoms. The van der Waals surface area contributed by atoms with Crippen molar-refractivity contribution in [3.63, 3.8) is 0 Å². The molecule has 0 spiro atoms. The third kappa shape index (κ3) is 4.34. The van der Waals surface area contributed by atoms with Crippen molar-refractivity contribution in [2.24, 2.45) is 5.10 Å². The topological polar surface area (TPSA) is 70.9 Å². The second-order valence-corrected chi connectivity index (χ2v) is 4.64. The predicted octanol–water partition coefficient (Wildman–Crippen LogP) is 3.62. The lowest BCUT2D eigenvalue weighted by Crippen LogP contribution is -2.02. The maximum absolute atomic E-state index is 11.1. The van der Waals surface area contributed by atoms with Gasteiger partial charge in [-0.2, -0.15) is 5.10 Å². The Morgan fingerprint density at radius 1 is 1.27 bits per heavy atom. The predicted molar refractivity (Wildman–Crippen MR) is 86.8 cm³/mol. The highest BCUT2D eigenvalue weighted by Crippen LogP contribution is 2.15. The van der Waals surface area contributed by atoms with Crippen LogP contribution in [0.25, 0.3) is 0 Å². The van der Waals surface area contributed by atoms with Crippen molar-refractivity contribution in [2.75, 3.05) is 12.0 Å². The second-order valence-electron chi connectivity index (χ2n) is 4.64. The van der Waals surface area contributed by atoms with Gasteiger partial charge in [0.15, 0.2) is 0 Å². The van der Waals surface area contributed by atoms with Gasteiger partial charge in [-0.15, -0.1) is 0 Å². The van der Waals surface area contributed by atoms with E-state index >= 15 is 0 Å². The Morgan fingerprint density at radius 3 is 2.86 bits per heavy atom. The average Bonchev–Trinajstić information content (AvgIpc) is 2.53. The number of anilines is 1. The van der Waals surface area contributed by atoms with E-state index in [1.54, 1.807) is 24.4 Å². The molecule has 0 unspecified atom stereocenters. The van der Waals surface area contributed by atoms with Gasteiger partial charge >= 0.3 is 5.97 Å². The SMILES string of the molecule is CCCOc1cccc(/C=N/Nc2ccccc2C(=O)O)c1. The van der Waals surface area contributed by atoms with Gasteiger partial charge in [0, 0.05) is 0 Å². The molecule has 2 rings (SSSR count). The summed E-state index contributed by atoms with van der Waals surface area (Å²) in [5.41, 5.74) is 4.25. The van der Waals surface area contributed by atoms with E-state index in [9.17, 15) is 4.79 Å². The number of rotatable bonds is 7. The van der Waals surface area contributed by atoms with Crippen molar-refractivity contribution in [3.8, 4) is 5.75 Å². The van der Waals surface area contributed by atoms with Crippen molar-refractivity contribution < 1.29 is 14.6 Å². The molecule has 0 fully saturated rings. The molecule has 5 heteroatoms. The monoisotopic (exact) mass is 298 g/mol. The van der Waals surface area contributed by atoms with Crippen molar-refractivity contribution in [2.45, 2.75) is 13.3 Å². The molecule has 0 bridgehead atoms. The van der Waals surface area contributed by atoms with E-state index in [-0.39, 0.29) is 5.56 Å². The number of carboxylic acid groups (broad SMARTS) is 1. The lowest BCUT2D eigenvalue weighted by Gasteiger charge is -2.05. The van der Waals surface area contributed by atoms with E-state index in [2.05, 4.69) is 17.5 Å². The number of nitrogens with one attached hydrogen (secondary N) is 1. The maximum Gasteiger partial charge on any atom is 0.337 e. The third-order valence-electron chi connectivity index (χ3n) is 2.89. The van der Waals surface area contributed by atoms with Gasteiger partial charge in [0.25, 0.3) is 0 Å². The van der Waals surface area contributed by atoms with Crippen LogP contribution in [0.1, 0.15) is 29.3 Å². The van der Waals surface area contributed by atoms with Gasteiger partial charge in [-0.25, -0.2) is 4.79 Å². The van der Waals surface area contributed by atoms with Crippen LogP contribution in [0.5, 0.6) is 5.75 Å². The van der Waals surface area contributed by atoms with Crippen LogP contribution in [0.4, 0.5) is 5.69 Å². The highest BCUT2D eigenvalue weighted by molar-refractivity contribution is 5.94. The lowest BCUT2D eigenvalue weighted by molar-refractivity contribution is 0.0698. The minimum atomic E-state index is -0.992. The van der Waals surface area contributed by atoms with Crippen LogP contribution in [0.15, 0.2) is 53.6 Å². The largest absolute Gasteiger partial charge is 0.494 e. The summed E-state index contributed by atoms with van der Waals surface area (Å²) in [4.78, 5) is 11.1. The number of benzene rings is 2. The zero-order valence-electron chi connectivity index (χ0n) is 12.3. The van der Waals surface area contributed by atoms with Crippen LogP contribution >= 0.6 is 0 Å². The van der Waals surface area contributed by atoms with Crippen LogP contribution in [0.3, 0.4) is 0 Å². The molecule has 0 radical (unpaired) electrons. The summed E-state index contributed by atoms with van der Waals surface area (Å²) < 4.78 is 5.55. The molecule has 2 aromatic rings. The Bertz CT molecular complexity index is 668. The number of carboxylic acids is 1. The molecule has 0 amide bonds. The number of hydrazone groups is 1. The summed E-state index contributed by atoms with van der Waals surface area (Å²) in [6.45, 7) is 2.72. The minimum absolute atomic E-state index is 0.180. The van der Waals surface area contributed by atoms with Gasteiger partial charge < -0.3 is 9.84 Å². The standard InChI is InChI=1S/C17H18N2O3/c1-2-10-22-14-7-5-6-13(11-14)12-18-19-16-9-4-3-8-15(16)17(20)21/h3-9,11-12,19H,2,10H2,1H3,(H,20,21)/b18-12+. The van der Waals surface area contributed by atoms with Crippen LogP contribution in [0, 0.1) is 0 Å². The second kappa shape index (κ2) is 7.83. The normalized spacial score (nSPS) is 10.6. The Morgan fingerprint density at radius 2 is 2.09 bits per heavy atom. The van der Waals surface area contributed by atoms with Gasteiger partial charge in [-0.05, 0) is 36.2 Å². The minimum Gasteiger partial charge on any atom is -0.494 e. The van der Waals surface area contributed by atoms with Crippen molar-refractivity contribution in [1.82, 2.24) is 0 Å². The molecule has 2 N–H and O–H groups in total. The zero-order chi connectivity index (χ0) is 15.8. The average molecular weight is 298 g/mol. The summed E-state index contributed by atoms with van der Waals surface area (Å²) in [5.74, 6) is -0.204. The number of ether oxygens (including phenoxy) is 1. The number of para-hydroxylation sites is 1. The third-order valence-corrected chi connectivity index (χ3v) is 2.89. The van der Waals surface area contributed by atoms with Gasteiger partial charge in [-0.1, -0.05) is 31.2 Å². The summed E-state index contributed by atoms with van der Waals surface area (Å²) in [7, 11) is 0. The molecule has 0 aliphatic carbocycles. The maximum atomic E-state index is 11.1. The number of carbonyl (C=O) groups is 1. The van der Waals surface area contributed by atoms with Crippen LogP contribution in [-0.2, 0) is 0 Å². The molecule has 0 aromatic heterocycles. The Labute approximate surface area is 129 Å². The smallest absolute Gasteiger partial charge is 0.337 e. The molecular weight excluding hydrogens is 280 g/mol. The van der Waals surface area contributed by atoms with E-state index < -0.39 is 5.97 Å². The first kappa shape index (κ1) is 15.6. The summed E-state index contributed by atoms with van der Waals surface area (Å²) >= 11 is 0. The highest BCUT2D eigenvalue weighted by atomic mass is 16.5. The lowest BCUT2D eigenvalue weighted by atomic mass is 10.2. The van der Waals surface area contributed by atoms with Gasteiger partial charge in [0.1, 0.15) is 5.75 Å². The summed E-state index contributed by atoms with van der Waals surface area (Å²) in [6.07, 6.45) is 2.57. The van der Waals surface area contributed by atoms with Crippen LogP contribution < -0.4 is 10.2 Å². The molecule has 0 atom stereocenters. The van der Waals surface area contributed by atoms with Crippen LogP contribution in [-0.4, -0.2) is 23.9 Å². The van der Waals surface area contributed by atoms with Crippen molar-refractivity contribution in [1.29, 1.82) is 0 Å². The first-order valence-electron chi connectivity index (χ1n) is 7.05. The summed E-state index contributed by atoms with van der Waals surface area (Å²) in [6, 6.07) is 14.2. The van der Waals surface area contributed by atoms with E-state index in [0.29, 0.717) is 12.3 Å². The molecule has 0 saturated carbocycles. The van der Waals surface area contributed by atoms with E-state index in [0.717, 1.165) is 17.7 Å². The van der Waals surface area contributed by atoms with Crippen molar-refractivity contribution in [3.05, 3.63) is 59.7 Å². The van der Waals surface area contributed by atoms with Gasteiger partial charge in [-0.3, -0.25) is 5.43 Å². The van der Waals surface area contributed by atoms with E-state index in [1.165, 1.54) is 6.07 Å². The first-order chi connectivity index (χ1) is 10.7. The molecule has 0 aliphatic heterocycles. The fraction of sp³-hybridized carbons (Fsp3) is 0.176. The number of hydrogen-bond donors (Lipinski definition) is 2. The molecule has 0 saturated heterocycles. The van der Waals surface area contributed by atoms with E-state index in [4.69, 9.17) is 9.84 Å². The van der Waals surface area contributed by atoms with Gasteiger partial charge in [0.05, 0.1) is 24.1 Å². The molecule has 2 aromatic carbocycles. The fourth-order valence-corrected chi connectivity index (χ4v) is 1.85. The molecular formula is C17H18N2O3. The molecule has 5 nitrogen and oxygen atoms in total. The van der Waals surface area contributed by atoms with Crippen molar-refractivity contribution >= 4 is 17.9 Å². The van der Waals surface area contributed by atoms with Crippen LogP contribution in [0.2, 0.25) is 0 Å². The number of hydrogen-bond acceptors (Lipinski definition) is 4. The number of nitrogens with zero attached hydrogens (tertiary/aromatic N) is 1. The molecule has 0 aliphatic rings. The quantitative estimate of drug-likeness (QED) is 0.605. The Kier molecular flexibility index (Phi) is 5.54. The number of aromatic carboxylic acids is 1. The molecule has 0 heterocycles. The van der Waals surface area contributed by atoms with E-state index in [1.807, 2.05) is 24.3 Å². The zero-order valence-corrected chi connectivity index (χ0v) is 12.3. The summed E-state index contributed by atoms with van der Waals surface area (Å²) in [5, 5.41) is 13.2.